The van der Waals surface area contributed by atoms with Crippen molar-refractivity contribution in [3.63, 3.8) is 0 Å². The van der Waals surface area contributed by atoms with Crippen LogP contribution in [0.1, 0.15) is 0 Å². The van der Waals surface area contributed by atoms with E-state index in [1.807, 2.05) is 53.1 Å². The number of aromatic nitrogens is 4. The lowest BCUT2D eigenvalue weighted by atomic mass is 10.0. The Hall–Kier alpha value is -4.39. The summed E-state index contributed by atoms with van der Waals surface area (Å²) >= 11 is 0. The van der Waals surface area contributed by atoms with Gasteiger partial charge in [0.2, 0.25) is 0 Å². The molecule has 0 bridgehead atoms. The van der Waals surface area contributed by atoms with E-state index in [0.29, 0.717) is 28.3 Å². The summed E-state index contributed by atoms with van der Waals surface area (Å²) in [5, 5.41) is 11.6. The van der Waals surface area contributed by atoms with E-state index in [4.69, 9.17) is 4.98 Å². The van der Waals surface area contributed by atoms with Gasteiger partial charge in [-0.2, -0.15) is 0 Å². The Morgan fingerprint density at radius 3 is 2.33 bits per heavy atom. The molecule has 7 nitrogen and oxygen atoms in total. The maximum Gasteiger partial charge on any atom is 0.277 e. The molecule has 3 aromatic heterocycles. The minimum Gasteiger partial charge on any atom is -0.276 e. The highest BCUT2D eigenvalue weighted by molar-refractivity contribution is 5.97. The Labute approximate surface area is 171 Å². The van der Waals surface area contributed by atoms with Crippen molar-refractivity contribution in [1.29, 1.82) is 0 Å². The predicted octanol–water partition coefficient (Wildman–Crippen LogP) is 5.06. The van der Waals surface area contributed by atoms with Crippen molar-refractivity contribution >= 4 is 16.7 Å². The van der Waals surface area contributed by atoms with Crippen LogP contribution in [-0.4, -0.2) is 24.4 Å². The molecule has 5 rings (SSSR count). The molecule has 0 N–H and O–H groups in total. The minimum absolute atomic E-state index is 0.0443. The van der Waals surface area contributed by atoms with Gasteiger partial charge in [-0.15, -0.1) is 0 Å². The zero-order valence-electron chi connectivity index (χ0n) is 15.7. The number of rotatable bonds is 4. The molecule has 0 saturated carbocycles. The first-order chi connectivity index (χ1) is 14.7. The predicted molar refractivity (Wildman–Crippen MR) is 114 cm³/mol. The van der Waals surface area contributed by atoms with E-state index in [2.05, 4.69) is 9.97 Å². The van der Waals surface area contributed by atoms with Gasteiger partial charge >= 0.3 is 0 Å². The molecule has 30 heavy (non-hydrogen) atoms. The fourth-order valence-electron chi connectivity index (χ4n) is 3.59. The first-order valence-corrected chi connectivity index (χ1v) is 9.31. The molecule has 0 atom stereocenters. The third kappa shape index (κ3) is 2.89. The molecule has 0 amide bonds. The van der Waals surface area contributed by atoms with Crippen molar-refractivity contribution in [2.75, 3.05) is 0 Å². The first-order valence-electron chi connectivity index (χ1n) is 9.31. The maximum absolute atomic E-state index is 11.6. The summed E-state index contributed by atoms with van der Waals surface area (Å²) < 4.78 is 1.96. The minimum atomic E-state index is -0.367. The number of hydrogen-bond donors (Lipinski definition) is 0. The molecule has 5 aromatic rings. The van der Waals surface area contributed by atoms with Gasteiger partial charge in [-0.3, -0.25) is 19.7 Å². The summed E-state index contributed by atoms with van der Waals surface area (Å²) in [5.41, 5.74) is 3.63. The Kier molecular flexibility index (Phi) is 4.25. The van der Waals surface area contributed by atoms with Crippen LogP contribution in [0.15, 0.2) is 91.4 Å². The lowest BCUT2D eigenvalue weighted by Crippen LogP contribution is -1.99. The van der Waals surface area contributed by atoms with Gasteiger partial charge in [0.15, 0.2) is 0 Å². The third-order valence-corrected chi connectivity index (χ3v) is 4.89. The van der Waals surface area contributed by atoms with Gasteiger partial charge in [-0.1, -0.05) is 30.3 Å². The van der Waals surface area contributed by atoms with Crippen molar-refractivity contribution in [2.45, 2.75) is 0 Å². The number of nitro benzene ring substituents is 1. The maximum atomic E-state index is 11.6. The van der Waals surface area contributed by atoms with Crippen LogP contribution in [-0.2, 0) is 0 Å². The van der Waals surface area contributed by atoms with E-state index in [9.17, 15) is 10.1 Å². The standard InChI is InChI=1S/C23H15N5O2/c29-28(30)19-8-2-1-6-17(19)18-7-5-9-20-22(18)26-23(16-11-14-24-15-12-16)27(20)21-10-3-4-13-25-21/h1-15H. The number of pyridine rings is 2. The van der Waals surface area contributed by atoms with Crippen LogP contribution in [0.25, 0.3) is 39.4 Å². The number of hydrogen-bond acceptors (Lipinski definition) is 5. The SMILES string of the molecule is O=[N+]([O-])c1ccccc1-c1cccc2c1nc(-c1ccncc1)n2-c1ccccn1. The molecular weight excluding hydrogens is 378 g/mol. The third-order valence-electron chi connectivity index (χ3n) is 4.89. The van der Waals surface area contributed by atoms with Crippen LogP contribution < -0.4 is 0 Å². The molecule has 0 fully saturated rings. The molecule has 0 unspecified atom stereocenters. The van der Waals surface area contributed by atoms with Crippen molar-refractivity contribution in [3.05, 3.63) is 102 Å². The molecule has 0 aliphatic rings. The van der Waals surface area contributed by atoms with Crippen molar-refractivity contribution in [1.82, 2.24) is 19.5 Å². The van der Waals surface area contributed by atoms with Gasteiger partial charge in [-0.25, -0.2) is 9.97 Å². The zero-order valence-corrected chi connectivity index (χ0v) is 15.7. The summed E-state index contributed by atoms with van der Waals surface area (Å²) in [6.07, 6.45) is 5.14. The number of imidazole rings is 1. The molecule has 0 saturated heterocycles. The number of benzene rings is 2. The van der Waals surface area contributed by atoms with E-state index in [-0.39, 0.29) is 10.6 Å². The number of para-hydroxylation sites is 2. The van der Waals surface area contributed by atoms with E-state index in [1.165, 1.54) is 6.07 Å². The molecular formula is C23H15N5O2. The number of nitro groups is 1. The first kappa shape index (κ1) is 17.7. The zero-order chi connectivity index (χ0) is 20.5. The molecule has 0 spiro atoms. The quantitative estimate of drug-likeness (QED) is 0.315. The Balaban J connectivity index is 1.86. The second kappa shape index (κ2) is 7.21. The van der Waals surface area contributed by atoms with Crippen LogP contribution in [0.5, 0.6) is 0 Å². The highest BCUT2D eigenvalue weighted by Crippen LogP contribution is 2.37. The largest absolute Gasteiger partial charge is 0.277 e. The lowest BCUT2D eigenvalue weighted by Gasteiger charge is -2.08. The smallest absolute Gasteiger partial charge is 0.276 e. The van der Waals surface area contributed by atoms with Gasteiger partial charge in [0.05, 0.1) is 21.5 Å². The summed E-state index contributed by atoms with van der Waals surface area (Å²) in [6.45, 7) is 0. The molecule has 7 heteroatoms. The average Bonchev–Trinajstić information content (AvgIpc) is 3.20. The topological polar surface area (TPSA) is 86.7 Å². The van der Waals surface area contributed by atoms with E-state index in [1.54, 1.807) is 36.8 Å². The summed E-state index contributed by atoms with van der Waals surface area (Å²) in [5.74, 6) is 1.41. The lowest BCUT2D eigenvalue weighted by molar-refractivity contribution is -0.384. The normalized spacial score (nSPS) is 10.9. The van der Waals surface area contributed by atoms with Crippen LogP contribution in [0.3, 0.4) is 0 Å². The van der Waals surface area contributed by atoms with Crippen LogP contribution in [0.2, 0.25) is 0 Å². The summed E-state index contributed by atoms with van der Waals surface area (Å²) in [7, 11) is 0. The fourth-order valence-corrected chi connectivity index (χ4v) is 3.59. The van der Waals surface area contributed by atoms with E-state index in [0.717, 1.165) is 11.1 Å². The monoisotopic (exact) mass is 393 g/mol. The van der Waals surface area contributed by atoms with Gasteiger partial charge in [0.1, 0.15) is 11.6 Å². The number of nitrogens with zero attached hydrogens (tertiary/aromatic N) is 5. The number of fused-ring (bicyclic) bond motifs is 1. The van der Waals surface area contributed by atoms with Crippen molar-refractivity contribution in [2.24, 2.45) is 0 Å². The molecule has 2 aromatic carbocycles. The van der Waals surface area contributed by atoms with Gasteiger partial charge in [-0.05, 0) is 36.4 Å². The van der Waals surface area contributed by atoms with Crippen LogP contribution >= 0.6 is 0 Å². The Bertz CT molecular complexity index is 1360. The summed E-state index contributed by atoms with van der Waals surface area (Å²) in [6, 6.07) is 21.8. The molecule has 0 radical (unpaired) electrons. The molecule has 0 aliphatic carbocycles. The molecule has 144 valence electrons. The Morgan fingerprint density at radius 1 is 0.800 bits per heavy atom. The van der Waals surface area contributed by atoms with Crippen LogP contribution in [0, 0.1) is 10.1 Å². The average molecular weight is 393 g/mol. The van der Waals surface area contributed by atoms with Gasteiger partial charge in [0.25, 0.3) is 5.69 Å². The Morgan fingerprint density at radius 2 is 1.57 bits per heavy atom. The second-order valence-corrected chi connectivity index (χ2v) is 6.64. The highest BCUT2D eigenvalue weighted by atomic mass is 16.6. The van der Waals surface area contributed by atoms with Gasteiger partial charge < -0.3 is 0 Å². The van der Waals surface area contributed by atoms with E-state index < -0.39 is 0 Å². The fraction of sp³-hybridized carbons (Fsp3) is 0. The molecule has 0 aliphatic heterocycles. The van der Waals surface area contributed by atoms with Crippen molar-refractivity contribution < 1.29 is 4.92 Å². The van der Waals surface area contributed by atoms with Crippen LogP contribution in [0.4, 0.5) is 5.69 Å². The summed E-state index contributed by atoms with van der Waals surface area (Å²) in [4.78, 5) is 24.8. The van der Waals surface area contributed by atoms with Crippen molar-refractivity contribution in [3.8, 4) is 28.3 Å². The molecule has 3 heterocycles. The second-order valence-electron chi connectivity index (χ2n) is 6.64. The van der Waals surface area contributed by atoms with Gasteiger partial charge in [0, 0.05) is 35.8 Å². The highest BCUT2D eigenvalue weighted by Gasteiger charge is 2.21. The van der Waals surface area contributed by atoms with E-state index >= 15 is 0 Å².